The van der Waals surface area contributed by atoms with Gasteiger partial charge in [0.15, 0.2) is 5.78 Å². The number of aromatic nitrogens is 3. The number of pyridine rings is 1. The van der Waals surface area contributed by atoms with Crippen molar-refractivity contribution in [3.63, 3.8) is 0 Å². The minimum Gasteiger partial charge on any atom is -0.512 e. The summed E-state index contributed by atoms with van der Waals surface area (Å²) < 4.78 is 5.44. The van der Waals surface area contributed by atoms with Gasteiger partial charge in [0.25, 0.3) is 0 Å². The molecular formula is C40H48IrN3O3-. The number of nitrogens with zero attached hydrogens (tertiary/aromatic N) is 3. The summed E-state index contributed by atoms with van der Waals surface area (Å²) in [6, 6.07) is 20.0. The first-order valence-electron chi connectivity index (χ1n) is 16.4. The monoisotopic (exact) mass is 811 g/mol. The van der Waals surface area contributed by atoms with Crippen molar-refractivity contribution in [3.8, 4) is 22.5 Å². The van der Waals surface area contributed by atoms with E-state index in [1.807, 2.05) is 65.8 Å². The Morgan fingerprint density at radius 1 is 0.830 bits per heavy atom. The number of rotatable bonds is 9. The van der Waals surface area contributed by atoms with E-state index in [1.165, 1.54) is 17.0 Å². The SMILES string of the molecule is CC(C)(C)c1cc(-c2cc(-c3ccnc4occc34)ncn2)[c-]c2ccccc12.CCC(C)(CC)C(=O)/C=C(\O)C(C)(CC)CC.[Ir]. The number of benzene rings is 2. The van der Waals surface area contributed by atoms with E-state index in [1.54, 1.807) is 18.8 Å². The maximum Gasteiger partial charge on any atom is 0.226 e. The molecule has 0 saturated heterocycles. The number of furan rings is 1. The van der Waals surface area contributed by atoms with E-state index >= 15 is 0 Å². The molecule has 7 heteroatoms. The van der Waals surface area contributed by atoms with Crippen LogP contribution in [0.5, 0.6) is 0 Å². The molecule has 6 nitrogen and oxygen atoms in total. The average molecular weight is 811 g/mol. The van der Waals surface area contributed by atoms with E-state index in [4.69, 9.17) is 4.42 Å². The molecule has 2 aromatic carbocycles. The Labute approximate surface area is 293 Å². The Morgan fingerprint density at radius 2 is 1.47 bits per heavy atom. The molecule has 1 N–H and O–H groups in total. The van der Waals surface area contributed by atoms with Crippen LogP contribution in [-0.2, 0) is 30.3 Å². The summed E-state index contributed by atoms with van der Waals surface area (Å²) in [6.07, 6.45) is 9.75. The molecule has 251 valence electrons. The van der Waals surface area contributed by atoms with E-state index in [-0.39, 0.29) is 47.9 Å². The van der Waals surface area contributed by atoms with Crippen LogP contribution in [0, 0.1) is 16.9 Å². The molecule has 0 aliphatic heterocycles. The molecule has 3 heterocycles. The van der Waals surface area contributed by atoms with Gasteiger partial charge in [0.1, 0.15) is 12.1 Å². The first kappa shape index (κ1) is 37.8. The van der Waals surface area contributed by atoms with E-state index in [0.29, 0.717) is 5.71 Å². The van der Waals surface area contributed by atoms with Gasteiger partial charge in [0.05, 0.1) is 12.0 Å². The fraction of sp³-hybridized carbons (Fsp3) is 0.400. The zero-order valence-electron chi connectivity index (χ0n) is 29.2. The van der Waals surface area contributed by atoms with Crippen molar-refractivity contribution < 1.29 is 34.4 Å². The Hall–Kier alpha value is -3.67. The van der Waals surface area contributed by atoms with Crippen molar-refractivity contribution in [1.82, 2.24) is 15.0 Å². The largest absolute Gasteiger partial charge is 0.512 e. The summed E-state index contributed by atoms with van der Waals surface area (Å²) in [5, 5.41) is 13.4. The summed E-state index contributed by atoms with van der Waals surface area (Å²) in [5.41, 5.74) is 4.92. The molecule has 1 radical (unpaired) electrons. The molecule has 0 amide bonds. The quantitative estimate of drug-likeness (QED) is 0.0906. The van der Waals surface area contributed by atoms with E-state index in [9.17, 15) is 9.90 Å². The van der Waals surface area contributed by atoms with Crippen LogP contribution >= 0.6 is 0 Å². The second-order valence-corrected chi connectivity index (χ2v) is 13.6. The van der Waals surface area contributed by atoms with Crippen LogP contribution in [0.4, 0.5) is 0 Å². The van der Waals surface area contributed by atoms with Gasteiger partial charge in [-0.05, 0) is 49.3 Å². The molecule has 0 saturated carbocycles. The zero-order chi connectivity index (χ0) is 33.7. The molecule has 0 spiro atoms. The predicted molar refractivity (Wildman–Crippen MR) is 189 cm³/mol. The van der Waals surface area contributed by atoms with Gasteiger partial charge in [-0.2, -0.15) is 0 Å². The third-order valence-electron chi connectivity index (χ3n) is 9.77. The minimum atomic E-state index is -0.337. The molecule has 0 bridgehead atoms. The van der Waals surface area contributed by atoms with Crippen molar-refractivity contribution in [3.05, 3.63) is 90.8 Å². The summed E-state index contributed by atoms with van der Waals surface area (Å²) in [6.45, 7) is 18.8. The van der Waals surface area contributed by atoms with Crippen molar-refractivity contribution in [2.45, 2.75) is 93.4 Å². The third-order valence-corrected chi connectivity index (χ3v) is 9.77. The molecular weight excluding hydrogens is 763 g/mol. The topological polar surface area (TPSA) is 89.1 Å². The Bertz CT molecular complexity index is 1840. The molecule has 0 atom stereocenters. The first-order chi connectivity index (χ1) is 21.8. The Kier molecular flexibility index (Phi) is 12.4. The van der Waals surface area contributed by atoms with Gasteiger partial charge in [-0.15, -0.1) is 29.1 Å². The van der Waals surface area contributed by atoms with Gasteiger partial charge >= 0.3 is 0 Å². The third kappa shape index (κ3) is 8.25. The number of hydrogen-bond acceptors (Lipinski definition) is 6. The maximum atomic E-state index is 12.2. The number of aliphatic hydroxyl groups excluding tert-OH is 1. The van der Waals surface area contributed by atoms with Crippen molar-refractivity contribution in [2.75, 3.05) is 0 Å². The number of carbonyl (C=O) groups is 1. The van der Waals surface area contributed by atoms with Gasteiger partial charge in [0.2, 0.25) is 5.71 Å². The molecule has 0 fully saturated rings. The molecule has 0 aliphatic carbocycles. The number of fused-ring (bicyclic) bond motifs is 2. The number of aliphatic hydroxyl groups is 1. The molecule has 3 aromatic heterocycles. The van der Waals surface area contributed by atoms with Crippen LogP contribution in [-0.4, -0.2) is 25.8 Å². The van der Waals surface area contributed by atoms with Crippen LogP contribution in [0.2, 0.25) is 0 Å². The van der Waals surface area contributed by atoms with Crippen molar-refractivity contribution >= 4 is 27.7 Å². The summed E-state index contributed by atoms with van der Waals surface area (Å²) >= 11 is 0. The minimum absolute atomic E-state index is 0. The summed E-state index contributed by atoms with van der Waals surface area (Å²) in [5.74, 6) is 0.286. The van der Waals surface area contributed by atoms with E-state index < -0.39 is 0 Å². The second kappa shape index (κ2) is 15.5. The first-order valence-corrected chi connectivity index (χ1v) is 16.4. The molecule has 5 aromatic rings. The molecule has 0 aliphatic rings. The van der Waals surface area contributed by atoms with Gasteiger partial charge < -0.3 is 9.52 Å². The van der Waals surface area contributed by atoms with Gasteiger partial charge in [0, 0.05) is 59.9 Å². The smallest absolute Gasteiger partial charge is 0.226 e. The Morgan fingerprint density at radius 3 is 2.11 bits per heavy atom. The van der Waals surface area contributed by atoms with E-state index in [2.05, 4.69) is 66.1 Å². The number of carbonyl (C=O) groups excluding carboxylic acids is 1. The number of hydrogen-bond donors (Lipinski definition) is 1. The van der Waals surface area contributed by atoms with Crippen LogP contribution in [0.3, 0.4) is 0 Å². The number of ketones is 1. The van der Waals surface area contributed by atoms with Crippen molar-refractivity contribution in [1.29, 1.82) is 0 Å². The van der Waals surface area contributed by atoms with Gasteiger partial charge in [-0.3, -0.25) is 9.78 Å². The van der Waals surface area contributed by atoms with E-state index in [0.717, 1.165) is 59.0 Å². The van der Waals surface area contributed by atoms with Crippen LogP contribution in [0.1, 0.15) is 93.6 Å². The number of allylic oxidation sites excluding steroid dienone is 2. The van der Waals surface area contributed by atoms with Gasteiger partial charge in [-0.1, -0.05) is 91.5 Å². The van der Waals surface area contributed by atoms with Crippen LogP contribution < -0.4 is 0 Å². The van der Waals surface area contributed by atoms with Crippen LogP contribution in [0.25, 0.3) is 44.4 Å². The van der Waals surface area contributed by atoms with Crippen molar-refractivity contribution in [2.24, 2.45) is 10.8 Å². The van der Waals surface area contributed by atoms with Gasteiger partial charge in [-0.25, -0.2) is 9.97 Å². The van der Waals surface area contributed by atoms with Crippen LogP contribution in [0.15, 0.2) is 83.6 Å². The molecule has 5 rings (SSSR count). The fourth-order valence-electron chi connectivity index (χ4n) is 5.42. The Balaban J connectivity index is 0.000000290. The molecule has 47 heavy (non-hydrogen) atoms. The second-order valence-electron chi connectivity index (χ2n) is 13.6. The predicted octanol–water partition coefficient (Wildman–Crippen LogP) is 10.9. The average Bonchev–Trinajstić information content (AvgIpc) is 3.56. The summed E-state index contributed by atoms with van der Waals surface area (Å²) in [4.78, 5) is 25.5. The standard InChI is InChI=1S/C25H20N3O.C15H28O2.Ir/c1-25(2,3)21-13-17(12-16-6-4-5-7-18(16)21)22-14-23(28-15-27-22)19-8-10-26-24-20(19)9-11-29-24;1-7-14(5,8-2)12(16)11-13(17)15(6,9-3)10-4;/h4-11,13-15H,1-3H3;11,16H,7-10H2,1-6H3;/q-1;;/b;12-11-;. The maximum absolute atomic E-state index is 12.2. The fourth-order valence-corrected chi connectivity index (χ4v) is 5.42. The normalized spacial score (nSPS) is 12.4. The summed E-state index contributed by atoms with van der Waals surface area (Å²) in [7, 11) is 0. The zero-order valence-corrected chi connectivity index (χ0v) is 31.6. The molecule has 0 unspecified atom stereocenters.